The van der Waals surface area contributed by atoms with Crippen molar-refractivity contribution >= 4 is 197 Å². The molecule has 2 fully saturated rings. The number of carbonyl (C=O) groups is 5. The molecule has 0 bridgehead atoms. The van der Waals surface area contributed by atoms with Crippen LogP contribution in [0.5, 0.6) is 0 Å². The predicted molar refractivity (Wildman–Crippen MR) is 575 cm³/mol. The normalized spacial score (nSPS) is 14.1. The Bertz CT molecular complexity index is 8440. The minimum absolute atomic E-state index is 0.000564. The van der Waals surface area contributed by atoms with Gasteiger partial charge in [-0.3, -0.25) is 46.0 Å². The van der Waals surface area contributed by atoms with Gasteiger partial charge in [0.15, 0.2) is 51.5 Å². The van der Waals surface area contributed by atoms with Crippen LogP contribution in [-0.4, -0.2) is 304 Å². The van der Waals surface area contributed by atoms with Crippen molar-refractivity contribution in [3.8, 4) is 0 Å². The number of amides is 5. The first-order valence-corrected chi connectivity index (χ1v) is 49.4. The Morgan fingerprint density at radius 3 is 0.966 bits per heavy atom. The summed E-state index contributed by atoms with van der Waals surface area (Å²) in [5.74, 6) is -4.69. The van der Waals surface area contributed by atoms with Crippen molar-refractivity contribution in [2.24, 2.45) is 0 Å². The van der Waals surface area contributed by atoms with Crippen molar-refractivity contribution < 1.29 is 41.5 Å². The molecule has 2 unspecified atom stereocenters. The molecule has 20 aromatic rings. The number of halogens is 4. The average molecular weight is 1990 g/mol. The third-order valence-corrected chi connectivity index (χ3v) is 27.1. The highest BCUT2D eigenvalue weighted by atomic mass is 19.2. The number of rotatable bonds is 23. The molecule has 17 heterocycles. The quantitative estimate of drug-likeness (QED) is 0.0269. The molecule has 35 nitrogen and oxygen atoms in total. The zero-order valence-corrected chi connectivity index (χ0v) is 84.5. The number of piperazine rings is 1. The molecule has 147 heavy (non-hydrogen) atoms. The lowest BCUT2D eigenvalue weighted by Crippen LogP contribution is -2.56. The summed E-state index contributed by atoms with van der Waals surface area (Å²) in [6.07, 6.45) is 9.40. The Balaban J connectivity index is 0.000000120. The summed E-state index contributed by atoms with van der Waals surface area (Å²) < 4.78 is 65.1. The van der Waals surface area contributed by atoms with Gasteiger partial charge in [0.2, 0.25) is 0 Å². The van der Waals surface area contributed by atoms with Gasteiger partial charge in [0.25, 0.3) is 29.5 Å². The molecule has 2 saturated heterocycles. The number of para-hydroxylation sites is 6. The van der Waals surface area contributed by atoms with Crippen molar-refractivity contribution in [3.63, 3.8) is 0 Å². The number of nitrogens with one attached hydrogen (secondary N) is 9. The van der Waals surface area contributed by atoms with Crippen LogP contribution in [0.1, 0.15) is 99.8 Å². The van der Waals surface area contributed by atoms with Crippen LogP contribution in [0.4, 0.5) is 46.0 Å². The van der Waals surface area contributed by atoms with Gasteiger partial charge in [-0.15, -0.1) is 0 Å². The van der Waals surface area contributed by atoms with Crippen LogP contribution in [-0.2, 0) is 0 Å². The van der Waals surface area contributed by atoms with E-state index >= 15 is 0 Å². The van der Waals surface area contributed by atoms with Crippen molar-refractivity contribution in [3.05, 3.63) is 240 Å². The predicted octanol–water partition coefficient (Wildman–Crippen LogP) is 15.0. The maximum Gasteiger partial charge on any atom is 0.259 e. The summed E-state index contributed by atoms with van der Waals surface area (Å²) in [5.41, 5.74) is 18.2. The van der Waals surface area contributed by atoms with Crippen LogP contribution in [0.2, 0.25) is 0 Å². The zero-order valence-electron chi connectivity index (χ0n) is 84.5. The molecule has 0 saturated carbocycles. The molecule has 5 amide bonds. The second-order valence-corrected chi connectivity index (χ2v) is 36.5. The van der Waals surface area contributed by atoms with Gasteiger partial charge >= 0.3 is 0 Å². The van der Waals surface area contributed by atoms with E-state index in [1.54, 1.807) is 66.0 Å². The molecule has 2 atom stereocenters. The first kappa shape index (κ1) is 101. The molecular formula is C108H118F4N30O5. The third-order valence-electron chi connectivity index (χ3n) is 27.1. The number of nitrogens with zero attached hydrogens (tertiary/aromatic N) is 21. The summed E-state index contributed by atoms with van der Waals surface area (Å²) in [4.78, 5) is 126. The number of hydrogen-bond donors (Lipinski definition) is 9. The highest BCUT2D eigenvalue weighted by molar-refractivity contribution is 6.19. The van der Waals surface area contributed by atoms with Gasteiger partial charge in [0, 0.05) is 201 Å². The fourth-order valence-electron chi connectivity index (χ4n) is 20.0. The highest BCUT2D eigenvalue weighted by Crippen LogP contribution is 2.41. The second-order valence-electron chi connectivity index (χ2n) is 36.5. The molecule has 2 aliphatic rings. The molecule has 0 spiro atoms. The van der Waals surface area contributed by atoms with Crippen LogP contribution in [0.25, 0.3) is 139 Å². The number of carbonyl (C=O) groups excluding carboxylic acids is 5. The van der Waals surface area contributed by atoms with Crippen LogP contribution in [0, 0.1) is 23.3 Å². The Hall–Kier alpha value is -16.2. The summed E-state index contributed by atoms with van der Waals surface area (Å²) in [6, 6.07) is 47.3. The van der Waals surface area contributed by atoms with E-state index in [-0.39, 0.29) is 58.3 Å². The minimum atomic E-state index is -0.993. The van der Waals surface area contributed by atoms with Gasteiger partial charge in [-0.1, -0.05) is 64.1 Å². The smallest absolute Gasteiger partial charge is 0.259 e. The van der Waals surface area contributed by atoms with Crippen molar-refractivity contribution in [1.29, 1.82) is 0 Å². The summed E-state index contributed by atoms with van der Waals surface area (Å²) in [7, 11) is 14.9. The number of benzene rings is 5. The molecule has 9 N–H and O–H groups in total. The minimum Gasteiger partial charge on any atom is -0.387 e. The number of imidazole rings is 5. The lowest BCUT2D eigenvalue weighted by Gasteiger charge is -2.36. The molecular weight excluding hydrogens is 1870 g/mol. The number of pyridine rings is 10. The summed E-state index contributed by atoms with van der Waals surface area (Å²) in [5, 5.41) is 32.5. The molecule has 5 aromatic carbocycles. The maximum atomic E-state index is 14.1. The Morgan fingerprint density at radius 1 is 0.347 bits per heavy atom. The van der Waals surface area contributed by atoms with Gasteiger partial charge in [-0.25, -0.2) is 67.4 Å². The van der Waals surface area contributed by atoms with Crippen LogP contribution in [0.15, 0.2) is 189 Å². The number of anilines is 5. The van der Waals surface area contributed by atoms with Gasteiger partial charge in [-0.2, -0.15) is 0 Å². The van der Waals surface area contributed by atoms with Gasteiger partial charge in [-0.05, 0) is 171 Å². The third kappa shape index (κ3) is 19.4. The largest absolute Gasteiger partial charge is 0.387 e. The molecule has 2 aliphatic heterocycles. The fourth-order valence-corrected chi connectivity index (χ4v) is 20.0. The maximum absolute atomic E-state index is 14.1. The number of hydrogen-bond acceptors (Lipinski definition) is 25. The Morgan fingerprint density at radius 2 is 0.639 bits per heavy atom. The lowest BCUT2D eigenvalue weighted by molar-refractivity contribution is 0.0675. The van der Waals surface area contributed by atoms with E-state index < -0.39 is 23.3 Å². The van der Waals surface area contributed by atoms with E-state index in [0.29, 0.717) is 147 Å². The molecule has 15 aromatic heterocycles. The Labute approximate surface area is 843 Å². The zero-order chi connectivity index (χ0) is 103. The van der Waals surface area contributed by atoms with Crippen LogP contribution in [0.3, 0.4) is 0 Å². The molecule has 0 aliphatic carbocycles. The molecule has 758 valence electrons. The van der Waals surface area contributed by atoms with E-state index in [1.807, 2.05) is 192 Å². The molecule has 0 radical (unpaired) electrons. The standard InChI is InChI=1S/C22H22F2N6O.C22H24F2N6O.C22H24N6O.C22H26N6O.C20H22N6O/c1-25-19-13-5-3-6-26-20(13)30-17-12-15(24)14(23)11-16(17)27-21(30)18(19)22(31)29-8-4-7-28(2)9-10-29;1-4-29(5-2)10-9-27-22(31)18-19(25-3)13-7-6-8-26-20(13)30-17-12-15(24)14(23)11-16(17)28-21(18)30;1-13-11-27(12-14(2)25-13)22(29)18-19(23-3)15-7-6-10-24-20(15)28-17-9-5-4-8-16(17)26-21(18)28;1-4-27(5-2)14-13-25-22(29)18-19(23-3)15-9-8-12-24-20(15)28-17-11-7-6-10-16(17)26-21(18)28;1-21-17-13-7-6-10-22-18(13)26-15-9-5-4-8-14(15)24-19(26)16(17)20(27)23-11-12-25(2)3/h3,5-6,11-12,25H,4,7-10H2,1-2H3;6-8,11-12,25H,4-5,9-10H2,1-3H3,(H,27,31);4-10,13-14,23,25H,11-12H2,1-3H3;6-12,23H,4-5,13-14H2,1-3H3,(H,25,29);4-10,21H,11-12H2,1-3H3,(H,23,27). The molecule has 22 rings (SSSR count). The monoisotopic (exact) mass is 1990 g/mol. The van der Waals surface area contributed by atoms with E-state index in [2.05, 4.69) is 139 Å². The second kappa shape index (κ2) is 43.8. The molecule has 39 heteroatoms. The van der Waals surface area contributed by atoms with Gasteiger partial charge in [0.05, 0.1) is 83.6 Å². The van der Waals surface area contributed by atoms with Crippen molar-refractivity contribution in [2.45, 2.75) is 60.0 Å². The first-order valence-electron chi connectivity index (χ1n) is 49.4. The number of fused-ring (bicyclic) bond motifs is 25. The van der Waals surface area contributed by atoms with Gasteiger partial charge in [0.1, 0.15) is 56.1 Å². The van der Waals surface area contributed by atoms with E-state index in [4.69, 9.17) is 15.0 Å². The summed E-state index contributed by atoms with van der Waals surface area (Å²) >= 11 is 0. The number of likely N-dealkylation sites (N-methyl/N-ethyl adjacent to an activating group) is 4. The Kier molecular flexibility index (Phi) is 30.0. The average Bonchev–Trinajstić information content (AvgIpc) is 1.61. The number of aromatic nitrogens is 15. The van der Waals surface area contributed by atoms with E-state index in [0.717, 1.165) is 166 Å². The first-order chi connectivity index (χ1) is 71.4. The fraction of sp³-hybridized carbons (Fsp3) is 0.306. The lowest BCUT2D eigenvalue weighted by atomic mass is 10.1. The SMILES string of the molecule is CCN(CC)CCNC(=O)c1c(NC)c2cccnc2n2c1nc1cc(F)c(F)cc12.CCN(CC)CCNC(=O)c1c(NC)c2cccnc2n2c1nc1ccccc12.CNc1c(C(=O)N2CC(C)NC(C)C2)c2nc3ccccc3n2c2ncccc12.CNc1c(C(=O)N2CCCN(C)CC2)c2nc3cc(F)c(F)cc3n2c2ncccc12.CNc1c(C(=O)NCCN(C)C)c2nc3ccccc3n2c2ncccc12. The van der Waals surface area contributed by atoms with E-state index in [1.165, 1.54) is 0 Å². The van der Waals surface area contributed by atoms with Crippen LogP contribution < -0.4 is 47.9 Å². The van der Waals surface area contributed by atoms with Crippen LogP contribution >= 0.6 is 0 Å². The van der Waals surface area contributed by atoms with Gasteiger partial charge < -0.3 is 77.3 Å². The van der Waals surface area contributed by atoms with Crippen molar-refractivity contribution in [1.82, 2.24) is 123 Å². The van der Waals surface area contributed by atoms with Crippen molar-refractivity contribution in [2.75, 3.05) is 188 Å². The topological polar surface area (TPSA) is 364 Å². The summed E-state index contributed by atoms with van der Waals surface area (Å²) in [6.45, 7) is 24.5. The van der Waals surface area contributed by atoms with E-state index in [9.17, 15) is 41.5 Å². The highest BCUT2D eigenvalue weighted by Gasteiger charge is 2.35.